The smallest absolute Gasteiger partial charge is 0.281 e. The Balaban J connectivity index is 2.03. The lowest BCUT2D eigenvalue weighted by Crippen LogP contribution is -2.29. The van der Waals surface area contributed by atoms with Crippen molar-refractivity contribution in [2.45, 2.75) is 25.3 Å². The van der Waals surface area contributed by atoms with E-state index >= 15 is 0 Å². The lowest BCUT2D eigenvalue weighted by atomic mass is 10.1. The van der Waals surface area contributed by atoms with Gasteiger partial charge in [0.05, 0.1) is 11.9 Å². The number of imidazole rings is 1. The number of Topliss-reactive ketones (excluding diaryl/α,β-unsaturated/α-hetero) is 1. The molecule has 0 bridgehead atoms. The average molecular weight is 305 g/mol. The Morgan fingerprint density at radius 3 is 2.76 bits per heavy atom. The zero-order valence-electron chi connectivity index (χ0n) is 11.8. The van der Waals surface area contributed by atoms with Crippen molar-refractivity contribution in [3.8, 4) is 0 Å². The van der Waals surface area contributed by atoms with Crippen molar-refractivity contribution in [1.29, 1.82) is 0 Å². The lowest BCUT2D eigenvalue weighted by Gasteiger charge is -2.18. The van der Waals surface area contributed by atoms with Crippen molar-refractivity contribution in [3.05, 3.63) is 41.3 Å². The zero-order chi connectivity index (χ0) is 15.2. The third-order valence-corrected chi connectivity index (χ3v) is 5.31. The van der Waals surface area contributed by atoms with Gasteiger partial charge in [-0.05, 0) is 44.0 Å². The molecule has 0 fully saturated rings. The van der Waals surface area contributed by atoms with E-state index in [-0.39, 0.29) is 10.8 Å². The summed E-state index contributed by atoms with van der Waals surface area (Å²) >= 11 is 0. The molecule has 2 aromatic rings. The van der Waals surface area contributed by atoms with Crippen LogP contribution in [0.25, 0.3) is 0 Å². The normalized spacial score (nSPS) is 14.3. The number of aromatic nitrogens is 2. The number of ketones is 1. The molecule has 2 heterocycles. The number of nitrogens with one attached hydrogen (secondary N) is 1. The van der Waals surface area contributed by atoms with Gasteiger partial charge in [0.2, 0.25) is 0 Å². The molecular weight excluding hydrogens is 290 g/mol. The number of sulfonamides is 1. The molecule has 0 amide bonds. The summed E-state index contributed by atoms with van der Waals surface area (Å²) in [5, 5.41) is 0.0866. The fraction of sp³-hybridized carbons (Fsp3) is 0.286. The Morgan fingerprint density at radius 2 is 2.14 bits per heavy atom. The summed E-state index contributed by atoms with van der Waals surface area (Å²) < 4.78 is 26.6. The topological polar surface area (TPSA) is 83.1 Å². The minimum atomic E-state index is -3.63. The van der Waals surface area contributed by atoms with Gasteiger partial charge in [-0.3, -0.25) is 9.10 Å². The molecule has 0 spiro atoms. The summed E-state index contributed by atoms with van der Waals surface area (Å²) in [6.45, 7) is 3.58. The molecule has 21 heavy (non-hydrogen) atoms. The van der Waals surface area contributed by atoms with Crippen molar-refractivity contribution in [2.24, 2.45) is 0 Å². The molecule has 0 saturated heterocycles. The SMILES string of the molecule is CC(=O)c1ccc2c(c1)CCN2S(=O)(=O)c1cnc(C)[nH]1. The van der Waals surface area contributed by atoms with E-state index in [0.29, 0.717) is 30.0 Å². The van der Waals surface area contributed by atoms with E-state index in [4.69, 9.17) is 0 Å². The first-order valence-corrected chi connectivity index (χ1v) is 8.02. The summed E-state index contributed by atoms with van der Waals surface area (Å²) in [6, 6.07) is 5.12. The second-order valence-electron chi connectivity index (χ2n) is 5.06. The van der Waals surface area contributed by atoms with Gasteiger partial charge in [-0.15, -0.1) is 0 Å². The van der Waals surface area contributed by atoms with Gasteiger partial charge < -0.3 is 4.98 Å². The largest absolute Gasteiger partial charge is 0.332 e. The van der Waals surface area contributed by atoms with Crippen molar-refractivity contribution in [2.75, 3.05) is 10.8 Å². The standard InChI is InChI=1S/C14H15N3O3S/c1-9(18)11-3-4-13-12(7-11)5-6-17(13)21(19,20)14-8-15-10(2)16-14/h3-4,7-8H,5-6H2,1-2H3,(H,15,16). The van der Waals surface area contributed by atoms with Crippen LogP contribution in [0.15, 0.2) is 29.4 Å². The number of H-pyrrole nitrogens is 1. The van der Waals surface area contributed by atoms with Crippen molar-refractivity contribution in [3.63, 3.8) is 0 Å². The maximum absolute atomic E-state index is 12.6. The van der Waals surface area contributed by atoms with Crippen LogP contribution in [0, 0.1) is 6.92 Å². The van der Waals surface area contributed by atoms with Gasteiger partial charge >= 0.3 is 0 Å². The number of anilines is 1. The monoisotopic (exact) mass is 305 g/mol. The molecule has 3 rings (SSSR count). The predicted molar refractivity (Wildman–Crippen MR) is 78.0 cm³/mol. The Bertz CT molecular complexity index is 824. The molecule has 1 N–H and O–H groups in total. The third-order valence-electron chi connectivity index (χ3n) is 3.59. The Labute approximate surface area is 122 Å². The van der Waals surface area contributed by atoms with Gasteiger partial charge in [0.1, 0.15) is 5.82 Å². The molecule has 1 aromatic carbocycles. The van der Waals surface area contributed by atoms with Crippen molar-refractivity contribution < 1.29 is 13.2 Å². The van der Waals surface area contributed by atoms with Crippen LogP contribution in [0.1, 0.15) is 28.7 Å². The highest BCUT2D eigenvalue weighted by Gasteiger charge is 2.32. The fourth-order valence-corrected chi connectivity index (χ4v) is 3.96. The molecule has 1 aromatic heterocycles. The van der Waals surface area contributed by atoms with Gasteiger partial charge in [-0.2, -0.15) is 8.42 Å². The molecule has 7 heteroatoms. The molecule has 6 nitrogen and oxygen atoms in total. The highest BCUT2D eigenvalue weighted by Crippen LogP contribution is 2.33. The average Bonchev–Trinajstić information content (AvgIpc) is 3.04. The molecule has 0 saturated carbocycles. The Morgan fingerprint density at radius 1 is 1.38 bits per heavy atom. The molecule has 1 aliphatic heterocycles. The highest BCUT2D eigenvalue weighted by atomic mass is 32.2. The van der Waals surface area contributed by atoms with Crippen LogP contribution >= 0.6 is 0 Å². The van der Waals surface area contributed by atoms with E-state index in [1.807, 2.05) is 0 Å². The second-order valence-corrected chi connectivity index (χ2v) is 6.89. The van der Waals surface area contributed by atoms with E-state index < -0.39 is 10.0 Å². The lowest BCUT2D eigenvalue weighted by molar-refractivity contribution is 0.101. The number of hydrogen-bond acceptors (Lipinski definition) is 4. The summed E-state index contributed by atoms with van der Waals surface area (Å²) in [7, 11) is -3.63. The first-order valence-electron chi connectivity index (χ1n) is 6.58. The molecular formula is C14H15N3O3S. The zero-order valence-corrected chi connectivity index (χ0v) is 12.6. The van der Waals surface area contributed by atoms with E-state index in [9.17, 15) is 13.2 Å². The number of aromatic amines is 1. The van der Waals surface area contributed by atoms with Gasteiger partial charge in [0.25, 0.3) is 10.0 Å². The van der Waals surface area contributed by atoms with E-state index in [0.717, 1.165) is 5.56 Å². The van der Waals surface area contributed by atoms with E-state index in [1.165, 1.54) is 17.4 Å². The minimum absolute atomic E-state index is 0.0247. The quantitative estimate of drug-likeness (QED) is 0.874. The van der Waals surface area contributed by atoms with Gasteiger partial charge in [0.15, 0.2) is 10.8 Å². The number of aryl methyl sites for hydroxylation is 1. The maximum atomic E-state index is 12.6. The van der Waals surface area contributed by atoms with Crippen LogP contribution in [0.3, 0.4) is 0 Å². The van der Waals surface area contributed by atoms with Crippen LogP contribution in [-0.2, 0) is 16.4 Å². The fourth-order valence-electron chi connectivity index (χ4n) is 2.49. The third kappa shape index (κ3) is 2.23. The number of benzene rings is 1. The first kappa shape index (κ1) is 13.8. The van der Waals surface area contributed by atoms with Crippen LogP contribution in [0.5, 0.6) is 0 Å². The minimum Gasteiger partial charge on any atom is -0.332 e. The van der Waals surface area contributed by atoms with Crippen LogP contribution < -0.4 is 4.31 Å². The van der Waals surface area contributed by atoms with Gasteiger partial charge in [-0.1, -0.05) is 0 Å². The highest BCUT2D eigenvalue weighted by molar-refractivity contribution is 7.92. The number of rotatable bonds is 3. The molecule has 0 atom stereocenters. The summed E-state index contributed by atoms with van der Waals surface area (Å²) in [6.07, 6.45) is 1.93. The molecule has 110 valence electrons. The number of fused-ring (bicyclic) bond motifs is 1. The summed E-state index contributed by atoms with van der Waals surface area (Å²) in [5.41, 5.74) is 2.11. The van der Waals surface area contributed by atoms with Crippen molar-refractivity contribution >= 4 is 21.5 Å². The Hall–Kier alpha value is -2.15. The maximum Gasteiger partial charge on any atom is 0.281 e. The second kappa shape index (κ2) is 4.70. The number of nitrogens with zero attached hydrogens (tertiary/aromatic N) is 2. The predicted octanol–water partition coefficient (Wildman–Crippen LogP) is 1.67. The van der Waals surface area contributed by atoms with E-state index in [1.54, 1.807) is 25.1 Å². The van der Waals surface area contributed by atoms with E-state index in [2.05, 4.69) is 9.97 Å². The molecule has 1 aliphatic rings. The molecule has 0 unspecified atom stereocenters. The van der Waals surface area contributed by atoms with Crippen LogP contribution in [-0.4, -0.2) is 30.7 Å². The van der Waals surface area contributed by atoms with Gasteiger partial charge in [-0.25, -0.2) is 4.98 Å². The Kier molecular flexibility index (Phi) is 3.09. The van der Waals surface area contributed by atoms with Gasteiger partial charge in [0, 0.05) is 12.1 Å². The van der Waals surface area contributed by atoms with Crippen molar-refractivity contribution in [1.82, 2.24) is 9.97 Å². The van der Waals surface area contributed by atoms with Crippen LogP contribution in [0.2, 0.25) is 0 Å². The molecule has 0 aliphatic carbocycles. The summed E-state index contributed by atoms with van der Waals surface area (Å²) in [4.78, 5) is 18.1. The molecule has 0 radical (unpaired) electrons. The van der Waals surface area contributed by atoms with Crippen LogP contribution in [0.4, 0.5) is 5.69 Å². The number of carbonyl (C=O) groups is 1. The number of hydrogen-bond donors (Lipinski definition) is 1. The summed E-state index contributed by atoms with van der Waals surface area (Å²) in [5.74, 6) is 0.531. The number of carbonyl (C=O) groups excluding carboxylic acids is 1. The first-order chi connectivity index (χ1) is 9.89.